The van der Waals surface area contributed by atoms with Crippen molar-refractivity contribution in [3.8, 4) is 0 Å². The number of fused-ring (bicyclic) bond motifs is 1. The van der Waals surface area contributed by atoms with Crippen LogP contribution in [0, 0.1) is 0 Å². The van der Waals surface area contributed by atoms with E-state index in [1.165, 1.54) is 6.33 Å². The van der Waals surface area contributed by atoms with E-state index in [9.17, 15) is 5.11 Å². The summed E-state index contributed by atoms with van der Waals surface area (Å²) in [5.74, 6) is 0.298. The zero-order chi connectivity index (χ0) is 22.6. The van der Waals surface area contributed by atoms with Crippen molar-refractivity contribution < 1.29 is 14.6 Å². The SMILES string of the molecule is Nc1ncnc2c1ncn2[C@H]1[C@H](OCc2ccccc2)C=C(COCc2ccccc2)[C@@H]1O. The molecule has 3 atom stereocenters. The molecule has 0 bridgehead atoms. The van der Waals surface area contributed by atoms with Gasteiger partial charge >= 0.3 is 0 Å². The smallest absolute Gasteiger partial charge is 0.165 e. The van der Waals surface area contributed by atoms with Gasteiger partial charge in [0.2, 0.25) is 0 Å². The van der Waals surface area contributed by atoms with Crippen molar-refractivity contribution in [3.63, 3.8) is 0 Å². The molecule has 1 aliphatic carbocycles. The third-order valence-electron chi connectivity index (χ3n) is 5.79. The molecule has 1 aliphatic rings. The number of aliphatic hydroxyl groups excluding tert-OH is 1. The Kier molecular flexibility index (Phi) is 6.12. The molecule has 0 saturated carbocycles. The number of benzene rings is 2. The summed E-state index contributed by atoms with van der Waals surface area (Å²) < 4.78 is 14.0. The van der Waals surface area contributed by atoms with Crippen molar-refractivity contribution >= 4 is 17.0 Å². The molecule has 0 saturated heterocycles. The van der Waals surface area contributed by atoms with Crippen molar-refractivity contribution in [1.29, 1.82) is 0 Å². The zero-order valence-electron chi connectivity index (χ0n) is 18.0. The van der Waals surface area contributed by atoms with Gasteiger partial charge in [0.25, 0.3) is 0 Å². The molecule has 0 spiro atoms. The molecule has 0 amide bonds. The summed E-state index contributed by atoms with van der Waals surface area (Å²) >= 11 is 0. The van der Waals surface area contributed by atoms with E-state index in [1.54, 1.807) is 6.33 Å². The van der Waals surface area contributed by atoms with Gasteiger partial charge in [0.15, 0.2) is 11.5 Å². The zero-order valence-corrected chi connectivity index (χ0v) is 18.0. The number of imidazole rings is 1. The molecule has 0 aliphatic heterocycles. The number of nitrogens with two attached hydrogens (primary N) is 1. The standard InChI is InChI=1S/C25H25N5O3/c26-24-21-25(28-15-27-24)30(16-29-21)22-20(33-13-18-9-5-2-6-10-18)11-19(23(22)31)14-32-12-17-7-3-1-4-8-17/h1-11,15-16,20,22-23,31H,12-14H2,(H2,26,27,28)/t20-,22+,23+/m1/s1. The van der Waals surface area contributed by atoms with Crippen molar-refractivity contribution in [1.82, 2.24) is 19.5 Å². The first kappa shape index (κ1) is 21.3. The minimum atomic E-state index is -0.824. The molecule has 168 valence electrons. The Morgan fingerprint density at radius 1 is 0.879 bits per heavy atom. The van der Waals surface area contributed by atoms with Crippen LogP contribution < -0.4 is 5.73 Å². The molecule has 33 heavy (non-hydrogen) atoms. The number of hydrogen-bond donors (Lipinski definition) is 2. The fourth-order valence-electron chi connectivity index (χ4n) is 4.11. The number of aromatic nitrogens is 4. The first-order valence-corrected chi connectivity index (χ1v) is 10.8. The van der Waals surface area contributed by atoms with Crippen LogP contribution in [-0.4, -0.2) is 43.4 Å². The van der Waals surface area contributed by atoms with E-state index in [2.05, 4.69) is 15.0 Å². The molecular weight excluding hydrogens is 418 g/mol. The van der Waals surface area contributed by atoms with Crippen molar-refractivity contribution in [3.05, 3.63) is 96.1 Å². The molecule has 8 nitrogen and oxygen atoms in total. The van der Waals surface area contributed by atoms with Gasteiger partial charge in [0.1, 0.15) is 24.1 Å². The van der Waals surface area contributed by atoms with E-state index < -0.39 is 18.2 Å². The molecule has 5 rings (SSSR count). The maximum Gasteiger partial charge on any atom is 0.165 e. The van der Waals surface area contributed by atoms with Gasteiger partial charge in [-0.1, -0.05) is 60.7 Å². The van der Waals surface area contributed by atoms with Gasteiger partial charge in [-0.2, -0.15) is 0 Å². The van der Waals surface area contributed by atoms with Crippen LogP contribution in [0.3, 0.4) is 0 Å². The van der Waals surface area contributed by atoms with Gasteiger partial charge in [-0.05, 0) is 22.8 Å². The summed E-state index contributed by atoms with van der Waals surface area (Å²) in [7, 11) is 0. The van der Waals surface area contributed by atoms with Crippen molar-refractivity contribution in [2.24, 2.45) is 0 Å². The van der Waals surface area contributed by atoms with Crippen LogP contribution in [0.1, 0.15) is 17.2 Å². The Labute approximate surface area is 191 Å². The van der Waals surface area contributed by atoms with Crippen LogP contribution in [0.5, 0.6) is 0 Å². The Balaban J connectivity index is 1.38. The van der Waals surface area contributed by atoms with Crippen LogP contribution >= 0.6 is 0 Å². The van der Waals surface area contributed by atoms with Gasteiger partial charge in [0.05, 0.1) is 32.2 Å². The van der Waals surface area contributed by atoms with Gasteiger partial charge in [0, 0.05) is 0 Å². The van der Waals surface area contributed by atoms with Crippen LogP contribution in [0.15, 0.2) is 85.0 Å². The molecule has 0 unspecified atom stereocenters. The maximum absolute atomic E-state index is 11.3. The van der Waals surface area contributed by atoms with E-state index in [-0.39, 0.29) is 0 Å². The first-order chi connectivity index (χ1) is 16.2. The van der Waals surface area contributed by atoms with Gasteiger partial charge < -0.3 is 24.9 Å². The van der Waals surface area contributed by atoms with Crippen molar-refractivity contribution in [2.75, 3.05) is 12.3 Å². The lowest BCUT2D eigenvalue weighted by molar-refractivity contribution is 0.0102. The fraction of sp³-hybridized carbons (Fsp3) is 0.240. The lowest BCUT2D eigenvalue weighted by Gasteiger charge is -2.25. The van der Waals surface area contributed by atoms with Crippen LogP contribution in [-0.2, 0) is 22.7 Å². The molecule has 3 N–H and O–H groups in total. The maximum atomic E-state index is 11.3. The number of anilines is 1. The van der Waals surface area contributed by atoms with E-state index in [4.69, 9.17) is 15.2 Å². The predicted octanol–water partition coefficient (Wildman–Crippen LogP) is 3.05. The van der Waals surface area contributed by atoms with Crippen molar-refractivity contribution in [2.45, 2.75) is 31.5 Å². The Hall–Kier alpha value is -3.59. The third-order valence-corrected chi connectivity index (χ3v) is 5.79. The predicted molar refractivity (Wildman–Crippen MR) is 124 cm³/mol. The first-order valence-electron chi connectivity index (χ1n) is 10.8. The highest BCUT2D eigenvalue weighted by Crippen LogP contribution is 2.35. The molecule has 8 heteroatoms. The molecule has 0 fully saturated rings. The second-order valence-electron chi connectivity index (χ2n) is 8.00. The van der Waals surface area contributed by atoms with Crippen LogP contribution in [0.4, 0.5) is 5.82 Å². The average molecular weight is 444 g/mol. The summed E-state index contributed by atoms with van der Waals surface area (Å²) in [6.07, 6.45) is 3.75. The lowest BCUT2D eigenvalue weighted by Crippen LogP contribution is -2.31. The Bertz CT molecular complexity index is 1240. The number of hydrogen-bond acceptors (Lipinski definition) is 7. The molecule has 2 aromatic carbocycles. The number of aliphatic hydroxyl groups is 1. The number of nitrogens with zero attached hydrogens (tertiary/aromatic N) is 4. The Morgan fingerprint density at radius 3 is 2.30 bits per heavy atom. The highest BCUT2D eigenvalue weighted by Gasteiger charge is 2.39. The van der Waals surface area contributed by atoms with E-state index in [0.29, 0.717) is 36.8 Å². The lowest BCUT2D eigenvalue weighted by atomic mass is 10.1. The molecule has 2 aromatic heterocycles. The van der Waals surface area contributed by atoms with Crippen LogP contribution in [0.2, 0.25) is 0 Å². The largest absolute Gasteiger partial charge is 0.386 e. The summed E-state index contributed by atoms with van der Waals surface area (Å²) in [4.78, 5) is 12.7. The minimum absolute atomic E-state index is 0.293. The number of ether oxygens (including phenoxy) is 2. The van der Waals surface area contributed by atoms with E-state index in [0.717, 1.165) is 16.7 Å². The summed E-state index contributed by atoms with van der Waals surface area (Å²) in [6.45, 7) is 1.16. The third kappa shape index (κ3) is 4.49. The van der Waals surface area contributed by atoms with Gasteiger partial charge in [-0.25, -0.2) is 15.0 Å². The van der Waals surface area contributed by atoms with Gasteiger partial charge in [-0.15, -0.1) is 0 Å². The normalized spacial score (nSPS) is 20.3. The number of rotatable bonds is 8. The molecule has 0 radical (unpaired) electrons. The van der Waals surface area contributed by atoms with E-state index in [1.807, 2.05) is 71.3 Å². The second-order valence-corrected chi connectivity index (χ2v) is 8.00. The summed E-state index contributed by atoms with van der Waals surface area (Å²) in [6, 6.07) is 19.4. The topological polar surface area (TPSA) is 108 Å². The summed E-state index contributed by atoms with van der Waals surface area (Å²) in [5.41, 5.74) is 9.91. The molecule has 4 aromatic rings. The van der Waals surface area contributed by atoms with Gasteiger partial charge in [-0.3, -0.25) is 0 Å². The molecule has 2 heterocycles. The average Bonchev–Trinajstić information content (AvgIpc) is 3.40. The molecular formula is C25H25N5O3. The van der Waals surface area contributed by atoms with Crippen LogP contribution in [0.25, 0.3) is 11.2 Å². The minimum Gasteiger partial charge on any atom is -0.386 e. The fourth-order valence-corrected chi connectivity index (χ4v) is 4.11. The summed E-state index contributed by atoms with van der Waals surface area (Å²) in [5, 5.41) is 11.3. The highest BCUT2D eigenvalue weighted by molar-refractivity contribution is 5.81. The Morgan fingerprint density at radius 2 is 1.58 bits per heavy atom. The quantitative estimate of drug-likeness (QED) is 0.403. The second kappa shape index (κ2) is 9.50. The monoisotopic (exact) mass is 443 g/mol. The number of nitrogen functional groups attached to an aromatic ring is 1. The van der Waals surface area contributed by atoms with E-state index >= 15 is 0 Å². The highest BCUT2D eigenvalue weighted by atomic mass is 16.5.